The molecule has 0 aromatic carbocycles. The van der Waals surface area contributed by atoms with E-state index in [9.17, 15) is 13.2 Å². The van der Waals surface area contributed by atoms with Gasteiger partial charge >= 0.3 is 6.18 Å². The number of alkyl halides is 3. The van der Waals surface area contributed by atoms with Crippen LogP contribution in [0.5, 0.6) is 0 Å². The molecule has 0 aromatic heterocycles. The van der Waals surface area contributed by atoms with Crippen molar-refractivity contribution in [3.05, 3.63) is 0 Å². The second-order valence-corrected chi connectivity index (χ2v) is 2.95. The van der Waals surface area contributed by atoms with Gasteiger partial charge in [-0.2, -0.15) is 13.2 Å². The van der Waals surface area contributed by atoms with Crippen molar-refractivity contribution in [3.8, 4) is 0 Å². The third-order valence-corrected chi connectivity index (χ3v) is 2.18. The van der Waals surface area contributed by atoms with Gasteiger partial charge in [0, 0.05) is 6.04 Å². The molecule has 2 atom stereocenters. The molecule has 0 aliphatic heterocycles. The number of nitrogens with zero attached hydrogens (tertiary/aromatic N) is 1. The molecule has 0 aliphatic rings. The Balaban J connectivity index is 4.31. The summed E-state index contributed by atoms with van der Waals surface area (Å²) in [6.45, 7) is 5.92. The normalized spacial score (nSPS) is 17.5. The largest absolute Gasteiger partial charge is 0.415 e. The molecule has 0 heterocycles. The molecule has 80 valence electrons. The molecule has 0 aliphatic carbocycles. The summed E-state index contributed by atoms with van der Waals surface area (Å²) in [4.78, 5) is 1.57. The highest BCUT2D eigenvalue weighted by Gasteiger charge is 2.43. The number of aliphatic hydroxyl groups is 1. The summed E-state index contributed by atoms with van der Waals surface area (Å²) < 4.78 is 36.2. The number of hydrogen-bond donors (Lipinski definition) is 1. The van der Waals surface area contributed by atoms with E-state index < -0.39 is 18.3 Å². The van der Waals surface area contributed by atoms with Crippen LogP contribution < -0.4 is 0 Å². The Morgan fingerprint density at radius 3 is 1.85 bits per heavy atom. The predicted molar refractivity (Wildman–Crippen MR) is 44.4 cm³/mol. The molecule has 0 amide bonds. The molecule has 5 heteroatoms. The average molecular weight is 199 g/mol. The maximum atomic E-state index is 12.1. The maximum Gasteiger partial charge on any atom is 0.415 e. The highest BCUT2D eigenvalue weighted by molar-refractivity contribution is 4.79. The zero-order valence-corrected chi connectivity index (χ0v) is 8.10. The molecule has 2 unspecified atom stereocenters. The molecule has 13 heavy (non-hydrogen) atoms. The molecule has 0 aromatic rings. The van der Waals surface area contributed by atoms with E-state index in [2.05, 4.69) is 0 Å². The zero-order valence-electron chi connectivity index (χ0n) is 8.10. The SMILES string of the molecule is CCN(CC)C(C)C(O)C(F)(F)F. The van der Waals surface area contributed by atoms with Gasteiger partial charge in [0.15, 0.2) is 6.10 Å². The summed E-state index contributed by atoms with van der Waals surface area (Å²) in [5.74, 6) is 0. The first-order valence-electron chi connectivity index (χ1n) is 4.33. The molecule has 0 rings (SSSR count). The van der Waals surface area contributed by atoms with Crippen molar-refractivity contribution in [2.45, 2.75) is 39.1 Å². The van der Waals surface area contributed by atoms with Crippen LogP contribution in [-0.2, 0) is 0 Å². The van der Waals surface area contributed by atoms with E-state index >= 15 is 0 Å². The van der Waals surface area contributed by atoms with Crippen molar-refractivity contribution in [3.63, 3.8) is 0 Å². The smallest absolute Gasteiger partial charge is 0.382 e. The first kappa shape index (κ1) is 12.7. The van der Waals surface area contributed by atoms with E-state index in [0.717, 1.165) is 0 Å². The van der Waals surface area contributed by atoms with Crippen molar-refractivity contribution in [2.24, 2.45) is 0 Å². The van der Waals surface area contributed by atoms with Gasteiger partial charge in [-0.25, -0.2) is 0 Å². The van der Waals surface area contributed by atoms with Gasteiger partial charge in [-0.1, -0.05) is 13.8 Å². The summed E-state index contributed by atoms with van der Waals surface area (Å²) >= 11 is 0. The van der Waals surface area contributed by atoms with Crippen LogP contribution in [0.25, 0.3) is 0 Å². The number of rotatable bonds is 4. The Bertz CT molecular complexity index is 145. The van der Waals surface area contributed by atoms with Crippen LogP contribution in [0, 0.1) is 0 Å². The van der Waals surface area contributed by atoms with Crippen molar-refractivity contribution in [1.82, 2.24) is 4.90 Å². The molecule has 0 bridgehead atoms. The monoisotopic (exact) mass is 199 g/mol. The number of hydrogen-bond acceptors (Lipinski definition) is 2. The highest BCUT2D eigenvalue weighted by Crippen LogP contribution is 2.24. The lowest BCUT2D eigenvalue weighted by Gasteiger charge is -2.31. The van der Waals surface area contributed by atoms with E-state index in [1.165, 1.54) is 6.92 Å². The Morgan fingerprint density at radius 1 is 1.23 bits per heavy atom. The molecular weight excluding hydrogens is 183 g/mol. The molecule has 0 fully saturated rings. The fraction of sp³-hybridized carbons (Fsp3) is 1.00. The average Bonchev–Trinajstić information content (AvgIpc) is 2.03. The number of halogens is 3. The van der Waals surface area contributed by atoms with Gasteiger partial charge in [-0.05, 0) is 20.0 Å². The van der Waals surface area contributed by atoms with Crippen LogP contribution in [0.3, 0.4) is 0 Å². The summed E-state index contributed by atoms with van der Waals surface area (Å²) in [5.41, 5.74) is 0. The molecule has 0 saturated carbocycles. The van der Waals surface area contributed by atoms with Crippen LogP contribution in [0.4, 0.5) is 13.2 Å². The van der Waals surface area contributed by atoms with Gasteiger partial charge in [0.1, 0.15) is 0 Å². The quantitative estimate of drug-likeness (QED) is 0.744. The van der Waals surface area contributed by atoms with Gasteiger partial charge in [0.2, 0.25) is 0 Å². The lowest BCUT2D eigenvalue weighted by atomic mass is 10.1. The summed E-state index contributed by atoms with van der Waals surface area (Å²) in [5, 5.41) is 8.92. The Labute approximate surface area is 76.3 Å². The Kier molecular flexibility index (Phi) is 4.70. The molecule has 2 nitrogen and oxygen atoms in total. The van der Waals surface area contributed by atoms with Crippen molar-refractivity contribution >= 4 is 0 Å². The van der Waals surface area contributed by atoms with Crippen LogP contribution in [0.2, 0.25) is 0 Å². The van der Waals surface area contributed by atoms with Crippen LogP contribution in [0.1, 0.15) is 20.8 Å². The van der Waals surface area contributed by atoms with Crippen LogP contribution in [0.15, 0.2) is 0 Å². The van der Waals surface area contributed by atoms with E-state index in [0.29, 0.717) is 13.1 Å². The maximum absolute atomic E-state index is 12.1. The van der Waals surface area contributed by atoms with Gasteiger partial charge in [-0.3, -0.25) is 4.90 Å². The van der Waals surface area contributed by atoms with Gasteiger partial charge in [0.05, 0.1) is 0 Å². The zero-order chi connectivity index (χ0) is 10.6. The van der Waals surface area contributed by atoms with Crippen LogP contribution in [-0.4, -0.2) is 41.4 Å². The van der Waals surface area contributed by atoms with E-state index in [1.807, 2.05) is 0 Å². The fourth-order valence-corrected chi connectivity index (χ4v) is 1.27. The van der Waals surface area contributed by atoms with Crippen LogP contribution >= 0.6 is 0 Å². The molecule has 1 N–H and O–H groups in total. The van der Waals surface area contributed by atoms with E-state index in [-0.39, 0.29) is 0 Å². The summed E-state index contributed by atoms with van der Waals surface area (Å²) in [6, 6.07) is -0.880. The minimum Gasteiger partial charge on any atom is -0.382 e. The highest BCUT2D eigenvalue weighted by atomic mass is 19.4. The topological polar surface area (TPSA) is 23.5 Å². The molecule has 0 spiro atoms. The second kappa shape index (κ2) is 4.81. The lowest BCUT2D eigenvalue weighted by molar-refractivity contribution is -0.219. The first-order chi connectivity index (χ1) is 5.84. The Hall–Kier alpha value is -0.290. The fourth-order valence-electron chi connectivity index (χ4n) is 1.27. The van der Waals surface area contributed by atoms with E-state index in [4.69, 9.17) is 5.11 Å². The molecule has 0 radical (unpaired) electrons. The Morgan fingerprint density at radius 2 is 1.62 bits per heavy atom. The summed E-state index contributed by atoms with van der Waals surface area (Å²) in [6.07, 6.45) is -6.78. The standard InChI is InChI=1S/C8H16F3NO/c1-4-12(5-2)6(3)7(13)8(9,10)11/h6-7,13H,4-5H2,1-3H3. The van der Waals surface area contributed by atoms with Crippen molar-refractivity contribution in [2.75, 3.05) is 13.1 Å². The predicted octanol–water partition coefficient (Wildman–Crippen LogP) is 1.64. The lowest BCUT2D eigenvalue weighted by Crippen LogP contribution is -2.48. The van der Waals surface area contributed by atoms with Gasteiger partial charge in [0.25, 0.3) is 0 Å². The molecular formula is C8H16F3NO. The van der Waals surface area contributed by atoms with Gasteiger partial charge in [-0.15, -0.1) is 0 Å². The van der Waals surface area contributed by atoms with E-state index in [1.54, 1.807) is 18.7 Å². The first-order valence-corrected chi connectivity index (χ1v) is 4.33. The number of likely N-dealkylation sites (N-methyl/N-ethyl adjacent to an activating group) is 1. The van der Waals surface area contributed by atoms with Crippen molar-refractivity contribution < 1.29 is 18.3 Å². The molecule has 0 saturated heterocycles. The summed E-state index contributed by atoms with van der Waals surface area (Å²) in [7, 11) is 0. The second-order valence-electron chi connectivity index (χ2n) is 2.95. The van der Waals surface area contributed by atoms with Gasteiger partial charge < -0.3 is 5.11 Å². The minimum absolute atomic E-state index is 0.505. The third-order valence-electron chi connectivity index (χ3n) is 2.18. The third kappa shape index (κ3) is 3.52. The van der Waals surface area contributed by atoms with Crippen molar-refractivity contribution in [1.29, 1.82) is 0 Å². The number of aliphatic hydroxyl groups excluding tert-OH is 1. The minimum atomic E-state index is -4.53.